The second-order valence-corrected chi connectivity index (χ2v) is 7.62. The number of hydrogen-bond acceptors (Lipinski definition) is 4. The van der Waals surface area contributed by atoms with Crippen LogP contribution in [0.15, 0.2) is 36.7 Å². The maximum absolute atomic E-state index is 13.1. The van der Waals surface area contributed by atoms with Crippen LogP contribution in [0.2, 0.25) is 0 Å². The van der Waals surface area contributed by atoms with Crippen molar-refractivity contribution in [2.75, 3.05) is 13.1 Å². The van der Waals surface area contributed by atoms with E-state index in [1.165, 1.54) is 5.56 Å². The molecule has 4 nitrogen and oxygen atoms in total. The molecule has 2 aromatic rings. The molecule has 1 aromatic carbocycles. The van der Waals surface area contributed by atoms with Crippen LogP contribution in [-0.4, -0.2) is 33.6 Å². The summed E-state index contributed by atoms with van der Waals surface area (Å²) in [6.45, 7) is 8.77. The fourth-order valence-corrected chi connectivity index (χ4v) is 3.21. The number of likely N-dealkylation sites (tertiary alicyclic amines) is 1. The Morgan fingerprint density at radius 3 is 2.36 bits per heavy atom. The van der Waals surface area contributed by atoms with Crippen molar-refractivity contribution in [2.45, 2.75) is 51.7 Å². The lowest BCUT2D eigenvalue weighted by molar-refractivity contribution is 0.117. The molecule has 0 spiro atoms. The van der Waals surface area contributed by atoms with E-state index in [9.17, 15) is 4.39 Å². The Kier molecular flexibility index (Phi) is 5.33. The van der Waals surface area contributed by atoms with E-state index in [1.807, 2.05) is 32.9 Å². The van der Waals surface area contributed by atoms with E-state index < -0.39 is 0 Å². The Hall–Kier alpha value is -2.01. The zero-order chi connectivity index (χ0) is 17.9. The summed E-state index contributed by atoms with van der Waals surface area (Å²) < 4.78 is 19.0. The minimum absolute atomic E-state index is 0.171. The smallest absolute Gasteiger partial charge is 0.237 e. The van der Waals surface area contributed by atoms with Gasteiger partial charge in [-0.2, -0.15) is 0 Å². The molecule has 3 rings (SSSR count). The monoisotopic (exact) mass is 343 g/mol. The molecule has 1 saturated heterocycles. The molecule has 5 heteroatoms. The van der Waals surface area contributed by atoms with Crippen molar-refractivity contribution in [3.63, 3.8) is 0 Å². The first-order valence-electron chi connectivity index (χ1n) is 8.87. The van der Waals surface area contributed by atoms with Crippen molar-refractivity contribution < 1.29 is 9.13 Å². The summed E-state index contributed by atoms with van der Waals surface area (Å²) in [6, 6.07) is 6.93. The molecular weight excluding hydrogens is 317 g/mol. The average Bonchev–Trinajstić information content (AvgIpc) is 2.57. The third-order valence-corrected chi connectivity index (χ3v) is 4.44. The number of aromatic nitrogens is 2. The van der Waals surface area contributed by atoms with Crippen molar-refractivity contribution in [2.24, 2.45) is 0 Å². The van der Waals surface area contributed by atoms with Gasteiger partial charge in [-0.05, 0) is 70.3 Å². The van der Waals surface area contributed by atoms with Gasteiger partial charge in [0.25, 0.3) is 0 Å². The maximum Gasteiger partial charge on any atom is 0.237 e. The molecular formula is C20H26FN3O. The van der Waals surface area contributed by atoms with Gasteiger partial charge in [0, 0.05) is 18.9 Å². The Balaban J connectivity index is 1.60. The first-order valence-corrected chi connectivity index (χ1v) is 8.87. The van der Waals surface area contributed by atoms with Crippen molar-refractivity contribution in [3.05, 3.63) is 53.7 Å². The fraction of sp³-hybridized carbons (Fsp3) is 0.500. The second-order valence-electron chi connectivity index (χ2n) is 7.62. The molecule has 0 atom stereocenters. The van der Waals surface area contributed by atoms with Crippen LogP contribution in [0.1, 0.15) is 50.8 Å². The van der Waals surface area contributed by atoms with Gasteiger partial charge in [-0.25, -0.2) is 9.37 Å². The highest BCUT2D eigenvalue weighted by Gasteiger charge is 2.23. The second kappa shape index (κ2) is 7.48. The quantitative estimate of drug-likeness (QED) is 0.835. The maximum atomic E-state index is 13.1. The Labute approximate surface area is 149 Å². The van der Waals surface area contributed by atoms with Crippen molar-refractivity contribution >= 4 is 0 Å². The SMILES string of the molecule is CC(C)(C)Oc1nccnc1CN1CCC(c2ccc(F)cc2)CC1. The summed E-state index contributed by atoms with van der Waals surface area (Å²) in [5, 5.41) is 0. The highest BCUT2D eigenvalue weighted by atomic mass is 19.1. The molecule has 0 amide bonds. The molecule has 1 aliphatic heterocycles. The summed E-state index contributed by atoms with van der Waals surface area (Å²) in [5.41, 5.74) is 1.83. The topological polar surface area (TPSA) is 38.3 Å². The summed E-state index contributed by atoms with van der Waals surface area (Å²) in [4.78, 5) is 11.2. The predicted octanol–water partition coefficient (Wildman–Crippen LogP) is 4.17. The van der Waals surface area contributed by atoms with Gasteiger partial charge in [-0.1, -0.05) is 12.1 Å². The fourth-order valence-electron chi connectivity index (χ4n) is 3.21. The summed E-state index contributed by atoms with van der Waals surface area (Å²) >= 11 is 0. The van der Waals surface area contributed by atoms with Crippen LogP contribution in [0.5, 0.6) is 5.88 Å². The minimum atomic E-state index is -0.291. The third-order valence-electron chi connectivity index (χ3n) is 4.44. The predicted molar refractivity (Wildman–Crippen MR) is 96.1 cm³/mol. The van der Waals surface area contributed by atoms with E-state index >= 15 is 0 Å². The molecule has 0 unspecified atom stereocenters. The molecule has 0 aliphatic carbocycles. The van der Waals surface area contributed by atoms with E-state index in [-0.39, 0.29) is 11.4 Å². The largest absolute Gasteiger partial charge is 0.471 e. The van der Waals surface area contributed by atoms with Gasteiger partial charge >= 0.3 is 0 Å². The standard InChI is InChI=1S/C20H26FN3O/c1-20(2,3)25-19-18(22-10-11-23-19)14-24-12-8-16(9-13-24)15-4-6-17(21)7-5-15/h4-7,10-11,16H,8-9,12-14H2,1-3H3. The van der Waals surface area contributed by atoms with Gasteiger partial charge in [0.2, 0.25) is 5.88 Å². The zero-order valence-electron chi connectivity index (χ0n) is 15.2. The van der Waals surface area contributed by atoms with Gasteiger partial charge < -0.3 is 4.74 Å². The van der Waals surface area contributed by atoms with Crippen LogP contribution in [0.4, 0.5) is 4.39 Å². The van der Waals surface area contributed by atoms with Crippen LogP contribution in [-0.2, 0) is 6.54 Å². The molecule has 0 bridgehead atoms. The molecule has 134 valence electrons. The van der Waals surface area contributed by atoms with Crippen LogP contribution in [0, 0.1) is 5.82 Å². The number of ether oxygens (including phenoxy) is 1. The summed E-state index contributed by atoms with van der Waals surface area (Å²) in [5.74, 6) is 0.954. The molecule has 0 saturated carbocycles. The number of rotatable bonds is 4. The van der Waals surface area contributed by atoms with Crippen LogP contribution in [0.25, 0.3) is 0 Å². The molecule has 1 aliphatic rings. The highest BCUT2D eigenvalue weighted by Crippen LogP contribution is 2.29. The number of halogens is 1. The highest BCUT2D eigenvalue weighted by molar-refractivity contribution is 5.22. The Morgan fingerprint density at radius 1 is 1.08 bits per heavy atom. The van der Waals surface area contributed by atoms with Crippen molar-refractivity contribution in [3.8, 4) is 5.88 Å². The molecule has 2 heterocycles. The Bertz CT molecular complexity index is 689. The zero-order valence-corrected chi connectivity index (χ0v) is 15.2. The molecule has 1 fully saturated rings. The summed E-state index contributed by atoms with van der Waals surface area (Å²) in [6.07, 6.45) is 5.53. The molecule has 1 aromatic heterocycles. The van der Waals surface area contributed by atoms with E-state index in [1.54, 1.807) is 24.5 Å². The molecule has 0 N–H and O–H groups in total. The van der Waals surface area contributed by atoms with E-state index in [2.05, 4.69) is 14.9 Å². The Morgan fingerprint density at radius 2 is 1.72 bits per heavy atom. The van der Waals surface area contributed by atoms with Gasteiger partial charge in [0.1, 0.15) is 17.1 Å². The van der Waals surface area contributed by atoms with E-state index in [4.69, 9.17) is 4.74 Å². The van der Waals surface area contributed by atoms with Gasteiger partial charge in [0.05, 0.1) is 0 Å². The molecule has 0 radical (unpaired) electrons. The third kappa shape index (κ3) is 4.98. The first kappa shape index (κ1) is 17.8. The van der Waals surface area contributed by atoms with Crippen molar-refractivity contribution in [1.29, 1.82) is 0 Å². The lowest BCUT2D eigenvalue weighted by atomic mass is 9.89. The van der Waals surface area contributed by atoms with Crippen LogP contribution < -0.4 is 4.74 Å². The lowest BCUT2D eigenvalue weighted by Crippen LogP contribution is -2.33. The molecule has 25 heavy (non-hydrogen) atoms. The number of hydrogen-bond donors (Lipinski definition) is 0. The van der Waals surface area contributed by atoms with Crippen molar-refractivity contribution in [1.82, 2.24) is 14.9 Å². The number of benzene rings is 1. The van der Waals surface area contributed by atoms with Gasteiger partial charge in [-0.15, -0.1) is 0 Å². The van der Waals surface area contributed by atoms with E-state index in [0.29, 0.717) is 11.8 Å². The lowest BCUT2D eigenvalue weighted by Gasteiger charge is -2.32. The normalized spacial score (nSPS) is 16.8. The first-order chi connectivity index (χ1) is 11.9. The van der Waals surface area contributed by atoms with Gasteiger partial charge in [-0.3, -0.25) is 9.88 Å². The number of piperidine rings is 1. The van der Waals surface area contributed by atoms with Gasteiger partial charge in [0.15, 0.2) is 0 Å². The van der Waals surface area contributed by atoms with Crippen LogP contribution in [0.3, 0.4) is 0 Å². The summed E-state index contributed by atoms with van der Waals surface area (Å²) in [7, 11) is 0. The van der Waals surface area contributed by atoms with E-state index in [0.717, 1.165) is 38.2 Å². The minimum Gasteiger partial charge on any atom is -0.471 e. The van der Waals surface area contributed by atoms with Crippen LogP contribution >= 0.6 is 0 Å². The number of nitrogens with zero attached hydrogens (tertiary/aromatic N) is 3. The average molecular weight is 343 g/mol.